The predicted octanol–water partition coefficient (Wildman–Crippen LogP) is 1.25. The Hall–Kier alpha value is -1.46. The van der Waals surface area contributed by atoms with Crippen molar-refractivity contribution < 1.29 is 14.3 Å². The molecule has 1 aromatic carbocycles. The summed E-state index contributed by atoms with van der Waals surface area (Å²) in [7, 11) is 0. The number of nitrogens with zero attached hydrogens (tertiary/aromatic N) is 2. The second kappa shape index (κ2) is 5.14. The molecule has 2 aliphatic rings. The molecule has 2 aliphatic heterocycles. The highest BCUT2D eigenvalue weighted by molar-refractivity contribution is 5.96. The van der Waals surface area contributed by atoms with Crippen LogP contribution in [-0.2, 0) is 4.79 Å². The molecule has 1 N–H and O–H groups in total. The van der Waals surface area contributed by atoms with Crippen molar-refractivity contribution in [2.75, 3.05) is 37.7 Å². The minimum absolute atomic E-state index is 0.0292. The second-order valence-corrected chi connectivity index (χ2v) is 5.89. The fourth-order valence-corrected chi connectivity index (χ4v) is 3.41. The van der Waals surface area contributed by atoms with Crippen LogP contribution < -0.4 is 4.90 Å². The van der Waals surface area contributed by atoms with E-state index in [1.807, 2.05) is 0 Å². The lowest BCUT2D eigenvalue weighted by Crippen LogP contribution is -2.32. The highest BCUT2D eigenvalue weighted by atomic mass is 19.1. The number of aliphatic hydroxyl groups is 1. The van der Waals surface area contributed by atoms with Gasteiger partial charge in [-0.15, -0.1) is 0 Å². The van der Waals surface area contributed by atoms with E-state index >= 15 is 0 Å². The summed E-state index contributed by atoms with van der Waals surface area (Å²) in [4.78, 5) is 16.1. The molecule has 2 heterocycles. The van der Waals surface area contributed by atoms with Gasteiger partial charge in [-0.1, -0.05) is 6.07 Å². The molecule has 1 aromatic rings. The molecule has 2 fully saturated rings. The smallest absolute Gasteiger partial charge is 0.227 e. The standard InChI is InChI=1S/C15H19FN2O2/c16-12-2-1-3-13(8-12)18-11-15(9-14(18)20)4-5-17(10-15)6-7-19/h1-3,8,19H,4-7,9-11H2/t15-/m0/s1. The molecule has 20 heavy (non-hydrogen) atoms. The van der Waals surface area contributed by atoms with Crippen molar-refractivity contribution in [1.29, 1.82) is 0 Å². The summed E-state index contributed by atoms with van der Waals surface area (Å²) in [5, 5.41) is 9.01. The van der Waals surface area contributed by atoms with E-state index in [1.165, 1.54) is 12.1 Å². The number of likely N-dealkylation sites (tertiary alicyclic amines) is 1. The normalized spacial score (nSPS) is 26.9. The molecule has 108 valence electrons. The Kier molecular flexibility index (Phi) is 3.48. The molecule has 0 aromatic heterocycles. The van der Waals surface area contributed by atoms with E-state index in [2.05, 4.69) is 4.90 Å². The van der Waals surface area contributed by atoms with Gasteiger partial charge in [0.15, 0.2) is 0 Å². The van der Waals surface area contributed by atoms with E-state index in [0.29, 0.717) is 25.2 Å². The van der Waals surface area contributed by atoms with E-state index in [-0.39, 0.29) is 23.7 Å². The van der Waals surface area contributed by atoms with Gasteiger partial charge in [-0.05, 0) is 31.2 Å². The first kappa shape index (κ1) is 13.5. The Morgan fingerprint density at radius 1 is 1.35 bits per heavy atom. The molecule has 4 nitrogen and oxygen atoms in total. The van der Waals surface area contributed by atoms with Crippen molar-refractivity contribution in [3.05, 3.63) is 30.1 Å². The first-order chi connectivity index (χ1) is 9.62. The topological polar surface area (TPSA) is 43.8 Å². The minimum Gasteiger partial charge on any atom is -0.395 e. The van der Waals surface area contributed by atoms with Crippen LogP contribution in [0.15, 0.2) is 24.3 Å². The van der Waals surface area contributed by atoms with Crippen LogP contribution in [0.3, 0.4) is 0 Å². The van der Waals surface area contributed by atoms with Crippen molar-refractivity contribution in [3.63, 3.8) is 0 Å². The van der Waals surface area contributed by atoms with Gasteiger partial charge in [-0.25, -0.2) is 4.39 Å². The Morgan fingerprint density at radius 3 is 2.95 bits per heavy atom. The summed E-state index contributed by atoms with van der Waals surface area (Å²) in [6, 6.07) is 6.21. The maximum atomic E-state index is 13.3. The van der Waals surface area contributed by atoms with Crippen molar-refractivity contribution in [2.45, 2.75) is 12.8 Å². The number of aliphatic hydroxyl groups excluding tert-OH is 1. The van der Waals surface area contributed by atoms with Crippen LogP contribution in [0, 0.1) is 11.2 Å². The average molecular weight is 278 g/mol. The molecule has 1 amide bonds. The Balaban J connectivity index is 1.76. The third kappa shape index (κ3) is 2.43. The summed E-state index contributed by atoms with van der Waals surface area (Å²) in [6.07, 6.45) is 1.48. The molecule has 1 spiro atoms. The SMILES string of the molecule is O=C1C[C@]2(CCN(CCO)C2)CN1c1cccc(F)c1. The number of benzene rings is 1. The van der Waals surface area contributed by atoms with Crippen molar-refractivity contribution in [2.24, 2.45) is 5.41 Å². The number of anilines is 1. The van der Waals surface area contributed by atoms with E-state index < -0.39 is 0 Å². The molecule has 2 saturated heterocycles. The number of hydrogen-bond acceptors (Lipinski definition) is 3. The van der Waals surface area contributed by atoms with Gasteiger partial charge >= 0.3 is 0 Å². The number of carbonyl (C=O) groups excluding carboxylic acids is 1. The summed E-state index contributed by atoms with van der Waals surface area (Å²) in [5.74, 6) is -0.244. The predicted molar refractivity (Wildman–Crippen MR) is 73.9 cm³/mol. The fourth-order valence-electron chi connectivity index (χ4n) is 3.41. The van der Waals surface area contributed by atoms with Crippen LogP contribution in [0.25, 0.3) is 0 Å². The molecule has 3 rings (SSSR count). The Morgan fingerprint density at radius 2 is 2.20 bits per heavy atom. The van der Waals surface area contributed by atoms with E-state index in [0.717, 1.165) is 19.5 Å². The monoisotopic (exact) mass is 278 g/mol. The number of carbonyl (C=O) groups is 1. The van der Waals surface area contributed by atoms with Crippen LogP contribution in [0.4, 0.5) is 10.1 Å². The number of rotatable bonds is 3. The van der Waals surface area contributed by atoms with Gasteiger partial charge in [-0.3, -0.25) is 4.79 Å². The molecular formula is C15H19FN2O2. The van der Waals surface area contributed by atoms with Gasteiger partial charge in [0.1, 0.15) is 5.82 Å². The third-order valence-electron chi connectivity index (χ3n) is 4.37. The lowest BCUT2D eigenvalue weighted by Gasteiger charge is -2.24. The molecule has 5 heteroatoms. The van der Waals surface area contributed by atoms with Crippen molar-refractivity contribution in [3.8, 4) is 0 Å². The maximum absolute atomic E-state index is 13.3. The molecule has 0 saturated carbocycles. The third-order valence-corrected chi connectivity index (χ3v) is 4.37. The first-order valence-corrected chi connectivity index (χ1v) is 7.01. The van der Waals surface area contributed by atoms with Crippen molar-refractivity contribution >= 4 is 11.6 Å². The molecule has 0 unspecified atom stereocenters. The fraction of sp³-hybridized carbons (Fsp3) is 0.533. The maximum Gasteiger partial charge on any atom is 0.227 e. The van der Waals surface area contributed by atoms with Crippen molar-refractivity contribution in [1.82, 2.24) is 4.90 Å². The lowest BCUT2D eigenvalue weighted by molar-refractivity contribution is -0.117. The summed E-state index contributed by atoms with van der Waals surface area (Å²) in [6.45, 7) is 3.22. The van der Waals surface area contributed by atoms with Crippen LogP contribution >= 0.6 is 0 Å². The lowest BCUT2D eigenvalue weighted by atomic mass is 9.86. The van der Waals surface area contributed by atoms with Gasteiger partial charge in [0.05, 0.1) is 6.61 Å². The molecule has 1 atom stereocenters. The number of hydrogen-bond donors (Lipinski definition) is 1. The van der Waals surface area contributed by atoms with Crippen LogP contribution in [0.1, 0.15) is 12.8 Å². The zero-order chi connectivity index (χ0) is 14.2. The van der Waals surface area contributed by atoms with Gasteiger partial charge in [0, 0.05) is 37.2 Å². The van der Waals surface area contributed by atoms with E-state index in [9.17, 15) is 9.18 Å². The van der Waals surface area contributed by atoms with Gasteiger partial charge in [0.2, 0.25) is 5.91 Å². The number of amides is 1. The molecule has 0 aliphatic carbocycles. The Labute approximate surface area is 117 Å². The summed E-state index contributed by atoms with van der Waals surface area (Å²) >= 11 is 0. The second-order valence-electron chi connectivity index (χ2n) is 5.89. The molecular weight excluding hydrogens is 259 g/mol. The summed E-state index contributed by atoms with van der Waals surface area (Å²) < 4.78 is 13.3. The summed E-state index contributed by atoms with van der Waals surface area (Å²) in [5.41, 5.74) is 0.617. The van der Waals surface area contributed by atoms with Crippen LogP contribution in [0.2, 0.25) is 0 Å². The zero-order valence-electron chi connectivity index (χ0n) is 11.4. The van der Waals surface area contributed by atoms with Gasteiger partial charge in [-0.2, -0.15) is 0 Å². The molecule has 0 radical (unpaired) electrons. The highest BCUT2D eigenvalue weighted by Gasteiger charge is 2.47. The number of halogens is 1. The zero-order valence-corrected chi connectivity index (χ0v) is 11.4. The van der Waals surface area contributed by atoms with Crippen LogP contribution in [-0.4, -0.2) is 48.7 Å². The average Bonchev–Trinajstić information content (AvgIpc) is 2.94. The number of β-amino-alcohol motifs (C(OH)–C–C–N with tert-alkyl or cyclic N) is 1. The Bertz CT molecular complexity index is 522. The van der Waals surface area contributed by atoms with Crippen LogP contribution in [0.5, 0.6) is 0 Å². The molecule has 0 bridgehead atoms. The van der Waals surface area contributed by atoms with E-state index in [1.54, 1.807) is 17.0 Å². The largest absolute Gasteiger partial charge is 0.395 e. The quantitative estimate of drug-likeness (QED) is 0.905. The van der Waals surface area contributed by atoms with Gasteiger partial charge in [0.25, 0.3) is 0 Å². The van der Waals surface area contributed by atoms with Gasteiger partial charge < -0.3 is 14.9 Å². The minimum atomic E-state index is -0.315. The van der Waals surface area contributed by atoms with E-state index in [4.69, 9.17) is 5.11 Å². The first-order valence-electron chi connectivity index (χ1n) is 7.01. The highest BCUT2D eigenvalue weighted by Crippen LogP contribution is 2.41.